The number of aliphatic hydroxyl groups is 1. The molecule has 0 heterocycles. The van der Waals surface area contributed by atoms with Crippen LogP contribution in [0.25, 0.3) is 0 Å². The van der Waals surface area contributed by atoms with E-state index < -0.39 is 27.1 Å². The van der Waals surface area contributed by atoms with E-state index in [0.717, 1.165) is 0 Å². The summed E-state index contributed by atoms with van der Waals surface area (Å²) in [7, 11) is -11.8. The second-order valence-electron chi connectivity index (χ2n) is 1.72. The van der Waals surface area contributed by atoms with Crippen LogP contribution in [0.2, 0.25) is 0 Å². The van der Waals surface area contributed by atoms with E-state index in [0.29, 0.717) is 0 Å². The third kappa shape index (κ3) is 3.20. The van der Waals surface area contributed by atoms with Gasteiger partial charge in [0.05, 0.1) is 0 Å². The number of hydrogen-bond acceptors (Lipinski definition) is 3. The van der Waals surface area contributed by atoms with Crippen molar-refractivity contribution in [2.75, 3.05) is 0 Å². The fourth-order valence-corrected chi connectivity index (χ4v) is 1.53. The maximum absolute atomic E-state index is 10.5. The fraction of sp³-hybridized carbons (Fsp3) is 1.00. The molecule has 0 aliphatic heterocycles. The van der Waals surface area contributed by atoms with Gasteiger partial charge in [-0.15, -0.1) is 0 Å². The second-order valence-corrected chi connectivity index (χ2v) is 5.55. The standard InChI is InChI=1S/C2H8O7P2.Na.H/c1-2(3,10(4,5)6)11(7,8)9;;/h3H,1H3,(H2,4,5,6)(H2,7,8,9);;/q;+1;-1/i1D3;;. The third-order valence-corrected chi connectivity index (χ3v) is 4.00. The molecule has 12 heavy (non-hydrogen) atoms. The van der Waals surface area contributed by atoms with Crippen molar-refractivity contribution in [3.05, 3.63) is 0 Å². The molecule has 0 aromatic carbocycles. The molecule has 70 valence electrons. The monoisotopic (exact) mass is 233 g/mol. The first kappa shape index (κ1) is 9.80. The van der Waals surface area contributed by atoms with Gasteiger partial charge < -0.3 is 26.1 Å². The molecule has 0 aliphatic carbocycles. The summed E-state index contributed by atoms with van der Waals surface area (Å²) in [5, 5.41) is 4.58. The van der Waals surface area contributed by atoms with Gasteiger partial charge in [0.1, 0.15) is 0 Å². The first-order valence-corrected chi connectivity index (χ1v) is 5.31. The summed E-state index contributed by atoms with van der Waals surface area (Å²) in [6.45, 7) is -3.90. The van der Waals surface area contributed by atoms with E-state index in [-0.39, 0.29) is 31.0 Å². The molecule has 0 aliphatic rings. The van der Waals surface area contributed by atoms with Gasteiger partial charge in [-0.2, -0.15) is 0 Å². The Morgan fingerprint density at radius 2 is 1.50 bits per heavy atom. The van der Waals surface area contributed by atoms with Crippen molar-refractivity contribution in [3.8, 4) is 0 Å². The topological polar surface area (TPSA) is 135 Å². The fourth-order valence-electron chi connectivity index (χ4n) is 0.170. The van der Waals surface area contributed by atoms with Gasteiger partial charge in [-0.05, 0) is 6.85 Å². The van der Waals surface area contributed by atoms with Crippen LogP contribution < -0.4 is 29.6 Å². The van der Waals surface area contributed by atoms with E-state index in [9.17, 15) is 9.13 Å². The van der Waals surface area contributed by atoms with E-state index in [1.54, 1.807) is 0 Å². The van der Waals surface area contributed by atoms with Crippen LogP contribution in [-0.2, 0) is 9.13 Å². The summed E-state index contributed by atoms with van der Waals surface area (Å²) < 4.78 is 40.6. The van der Waals surface area contributed by atoms with Gasteiger partial charge in [0, 0.05) is 4.11 Å². The quantitative estimate of drug-likeness (QED) is 0.243. The van der Waals surface area contributed by atoms with Crippen molar-refractivity contribution in [3.63, 3.8) is 0 Å². The molecule has 0 saturated heterocycles. The van der Waals surface area contributed by atoms with Crippen LogP contribution in [-0.4, -0.2) is 29.8 Å². The van der Waals surface area contributed by atoms with E-state index in [2.05, 4.69) is 0 Å². The van der Waals surface area contributed by atoms with Crippen molar-refractivity contribution >= 4 is 15.2 Å². The van der Waals surface area contributed by atoms with E-state index in [4.69, 9.17) is 28.8 Å². The molecule has 5 N–H and O–H groups in total. The second kappa shape index (κ2) is 4.19. The summed E-state index contributed by atoms with van der Waals surface area (Å²) in [4.78, 5) is 33.7. The summed E-state index contributed by atoms with van der Waals surface area (Å²) in [5.74, 6) is 0. The molecule has 0 atom stereocenters. The first-order chi connectivity index (χ1) is 5.75. The Hall–Kier alpha value is 1.26. The summed E-state index contributed by atoms with van der Waals surface area (Å²) >= 11 is 0. The molecule has 0 aromatic heterocycles. The SMILES string of the molecule is [2H]C([2H])([2H])C(O)(P(=O)(O)O)P(=O)(O)O.[H-].[Na+]. The number of rotatable bonds is 2. The van der Waals surface area contributed by atoms with Crippen molar-refractivity contribution in [1.29, 1.82) is 0 Å². The van der Waals surface area contributed by atoms with Crippen molar-refractivity contribution in [1.82, 2.24) is 0 Å². The zero-order valence-corrected chi connectivity index (χ0v) is 9.74. The Morgan fingerprint density at radius 3 is 1.50 bits per heavy atom. The number of hydrogen-bond donors (Lipinski definition) is 5. The molecule has 0 unspecified atom stereocenters. The van der Waals surface area contributed by atoms with Crippen LogP contribution in [0, 0.1) is 0 Å². The molecule has 0 radical (unpaired) electrons. The normalized spacial score (nSPS) is 18.6. The minimum atomic E-state index is -5.90. The van der Waals surface area contributed by atoms with Gasteiger partial charge in [-0.1, -0.05) is 0 Å². The smallest absolute Gasteiger partial charge is 1.00 e. The van der Waals surface area contributed by atoms with Gasteiger partial charge in [-0.3, -0.25) is 9.13 Å². The van der Waals surface area contributed by atoms with Crippen LogP contribution >= 0.6 is 15.2 Å². The van der Waals surface area contributed by atoms with E-state index in [1.165, 1.54) is 0 Å². The van der Waals surface area contributed by atoms with Crippen LogP contribution in [0.5, 0.6) is 0 Å². The average Bonchev–Trinajstić information content (AvgIpc) is 1.77. The predicted molar refractivity (Wildman–Crippen MR) is 35.8 cm³/mol. The van der Waals surface area contributed by atoms with E-state index >= 15 is 0 Å². The van der Waals surface area contributed by atoms with Crippen molar-refractivity contribution in [2.45, 2.75) is 11.9 Å². The maximum atomic E-state index is 10.5. The van der Waals surface area contributed by atoms with Crippen LogP contribution in [0.1, 0.15) is 12.4 Å². The van der Waals surface area contributed by atoms with Crippen LogP contribution in [0.4, 0.5) is 0 Å². The molecular weight excluding hydrogens is 221 g/mol. The summed E-state index contributed by atoms with van der Waals surface area (Å²) in [6.07, 6.45) is 0. The van der Waals surface area contributed by atoms with E-state index in [1.807, 2.05) is 0 Å². The Morgan fingerprint density at radius 1 is 1.25 bits per heavy atom. The molecular formula is C2H9NaO7P2. The van der Waals surface area contributed by atoms with Gasteiger partial charge in [0.15, 0.2) is 0 Å². The van der Waals surface area contributed by atoms with Gasteiger partial charge >= 0.3 is 44.7 Å². The molecule has 0 fully saturated rings. The molecule has 0 aromatic rings. The van der Waals surface area contributed by atoms with Crippen molar-refractivity contribution in [2.24, 2.45) is 0 Å². The summed E-state index contributed by atoms with van der Waals surface area (Å²) in [5.41, 5.74) is 0. The zero-order chi connectivity index (χ0) is 12.0. The molecule has 0 amide bonds. The zero-order valence-electron chi connectivity index (χ0n) is 9.95. The Labute approximate surface area is 96.1 Å². The minimum absolute atomic E-state index is 0. The first-order valence-electron chi connectivity index (χ1n) is 3.59. The van der Waals surface area contributed by atoms with Gasteiger partial charge in [0.2, 0.25) is 0 Å². The van der Waals surface area contributed by atoms with Crippen LogP contribution in [0.3, 0.4) is 0 Å². The largest absolute Gasteiger partial charge is 1.00 e. The molecule has 0 saturated carbocycles. The Kier molecular flexibility index (Phi) is 3.42. The maximum Gasteiger partial charge on any atom is 1.00 e. The molecule has 0 spiro atoms. The van der Waals surface area contributed by atoms with Crippen molar-refractivity contribution < 1.29 is 68.9 Å². The van der Waals surface area contributed by atoms with Crippen LogP contribution in [0.15, 0.2) is 0 Å². The Bertz CT molecular complexity index is 295. The predicted octanol–water partition coefficient (Wildman–Crippen LogP) is -3.88. The summed E-state index contributed by atoms with van der Waals surface area (Å²) in [6, 6.07) is 0. The Balaban J connectivity index is -0.000000845. The molecule has 0 bridgehead atoms. The average molecular weight is 233 g/mol. The molecule has 10 heteroatoms. The van der Waals surface area contributed by atoms with Gasteiger partial charge in [0.25, 0.3) is 5.08 Å². The van der Waals surface area contributed by atoms with Gasteiger partial charge in [-0.25, -0.2) is 0 Å². The third-order valence-electron chi connectivity index (χ3n) is 0.812. The molecule has 0 rings (SSSR count). The minimum Gasteiger partial charge on any atom is -1.00 e. The molecule has 7 nitrogen and oxygen atoms in total.